The lowest BCUT2D eigenvalue weighted by atomic mass is 9.87. The number of rotatable bonds is 7. The molecule has 0 aliphatic heterocycles. The van der Waals surface area contributed by atoms with Crippen LogP contribution in [-0.2, 0) is 0 Å². The van der Waals surface area contributed by atoms with Gasteiger partial charge >= 0.3 is 0 Å². The molecule has 0 atom stereocenters. The van der Waals surface area contributed by atoms with E-state index in [4.69, 9.17) is 20.9 Å². The first-order valence-corrected chi connectivity index (χ1v) is 13.1. The lowest BCUT2D eigenvalue weighted by molar-refractivity contribution is 0.486. The fourth-order valence-corrected chi connectivity index (χ4v) is 4.85. The summed E-state index contributed by atoms with van der Waals surface area (Å²) in [5, 5.41) is 0. The van der Waals surface area contributed by atoms with E-state index in [1.165, 1.54) is 0 Å². The van der Waals surface area contributed by atoms with Crippen LogP contribution in [0.1, 0.15) is 0 Å². The van der Waals surface area contributed by atoms with Gasteiger partial charge in [-0.3, -0.25) is 0 Å². The first kappa shape index (κ1) is 24.8. The normalized spacial score (nSPS) is 10.7. The second-order valence-electron chi connectivity index (χ2n) is 9.37. The molecule has 0 aliphatic carbocycles. The van der Waals surface area contributed by atoms with Gasteiger partial charge in [-0.2, -0.15) is 0 Å². The summed E-state index contributed by atoms with van der Waals surface area (Å²) < 4.78 is 12.8. The summed E-state index contributed by atoms with van der Waals surface area (Å²) in [5.41, 5.74) is 19.7. The van der Waals surface area contributed by atoms with Gasteiger partial charge in [-0.05, 0) is 53.1 Å². The molecule has 40 heavy (non-hydrogen) atoms. The van der Waals surface area contributed by atoms with Gasteiger partial charge in [0.1, 0.15) is 23.0 Å². The zero-order valence-electron chi connectivity index (χ0n) is 21.8. The summed E-state index contributed by atoms with van der Waals surface area (Å²) in [4.78, 5) is 0. The standard InChI is InChI=1S/C36H28N2O2/c37-30-19-6-10-23-34(30)39-32-21-8-4-15-27(32)28-18-12-17-26(25-13-2-1-3-14-25)36(28)29-16-5-9-22-33(29)40-35-24-11-7-20-31(35)38/h1-24H,37-38H2. The number of hydrogen-bond donors (Lipinski definition) is 2. The van der Waals surface area contributed by atoms with Gasteiger partial charge in [-0.25, -0.2) is 0 Å². The maximum Gasteiger partial charge on any atom is 0.150 e. The van der Waals surface area contributed by atoms with E-state index < -0.39 is 0 Å². The summed E-state index contributed by atoms with van der Waals surface area (Å²) in [6.07, 6.45) is 0. The van der Waals surface area contributed by atoms with Crippen molar-refractivity contribution in [1.29, 1.82) is 0 Å². The molecule has 0 saturated carbocycles. The summed E-state index contributed by atoms with van der Waals surface area (Å²) in [7, 11) is 0. The SMILES string of the molecule is Nc1ccccc1Oc1ccccc1-c1cccc(-c2ccccc2)c1-c1ccccc1Oc1ccccc1N. The highest BCUT2D eigenvalue weighted by atomic mass is 16.5. The molecule has 6 aromatic rings. The smallest absolute Gasteiger partial charge is 0.150 e. The van der Waals surface area contributed by atoms with Gasteiger partial charge in [0, 0.05) is 16.7 Å². The third-order valence-corrected chi connectivity index (χ3v) is 6.76. The zero-order valence-corrected chi connectivity index (χ0v) is 21.8. The summed E-state index contributed by atoms with van der Waals surface area (Å²) in [6.45, 7) is 0. The number of anilines is 2. The minimum Gasteiger partial charge on any atom is -0.455 e. The molecular formula is C36H28N2O2. The largest absolute Gasteiger partial charge is 0.455 e. The lowest BCUT2D eigenvalue weighted by Gasteiger charge is -2.21. The molecule has 0 bridgehead atoms. The van der Waals surface area contributed by atoms with Crippen molar-refractivity contribution in [3.8, 4) is 56.4 Å². The first-order valence-electron chi connectivity index (χ1n) is 13.1. The predicted octanol–water partition coefficient (Wildman–Crippen LogP) is 9.44. The van der Waals surface area contributed by atoms with Crippen molar-refractivity contribution in [2.75, 3.05) is 11.5 Å². The monoisotopic (exact) mass is 520 g/mol. The molecule has 4 N–H and O–H groups in total. The molecule has 4 heteroatoms. The minimum absolute atomic E-state index is 0.577. The van der Waals surface area contributed by atoms with Gasteiger partial charge < -0.3 is 20.9 Å². The Morgan fingerprint density at radius 1 is 0.325 bits per heavy atom. The van der Waals surface area contributed by atoms with Gasteiger partial charge in [0.05, 0.1) is 11.4 Å². The van der Waals surface area contributed by atoms with Crippen molar-refractivity contribution in [2.45, 2.75) is 0 Å². The molecule has 0 spiro atoms. The van der Waals surface area contributed by atoms with Crippen molar-refractivity contribution in [1.82, 2.24) is 0 Å². The van der Waals surface area contributed by atoms with Crippen molar-refractivity contribution in [3.63, 3.8) is 0 Å². The molecule has 0 unspecified atom stereocenters. The van der Waals surface area contributed by atoms with Crippen LogP contribution in [0.15, 0.2) is 146 Å². The molecular weight excluding hydrogens is 492 g/mol. The molecule has 0 radical (unpaired) electrons. The molecule has 0 aromatic heterocycles. The third-order valence-electron chi connectivity index (χ3n) is 6.76. The van der Waals surface area contributed by atoms with Gasteiger partial charge in [0.2, 0.25) is 0 Å². The fraction of sp³-hybridized carbons (Fsp3) is 0. The van der Waals surface area contributed by atoms with Crippen LogP contribution in [0.3, 0.4) is 0 Å². The number of hydrogen-bond acceptors (Lipinski definition) is 4. The molecule has 0 fully saturated rings. The highest BCUT2D eigenvalue weighted by Gasteiger charge is 2.20. The first-order chi connectivity index (χ1) is 19.7. The highest BCUT2D eigenvalue weighted by Crippen LogP contribution is 2.47. The Kier molecular flexibility index (Phi) is 6.89. The number of nitrogen functional groups attached to an aromatic ring is 2. The Hall–Kier alpha value is -5.48. The van der Waals surface area contributed by atoms with Crippen LogP contribution in [0.5, 0.6) is 23.0 Å². The molecule has 194 valence electrons. The van der Waals surface area contributed by atoms with E-state index in [-0.39, 0.29) is 0 Å². The number of nitrogens with two attached hydrogens (primary N) is 2. The van der Waals surface area contributed by atoms with Crippen molar-refractivity contribution >= 4 is 11.4 Å². The Balaban J connectivity index is 1.58. The maximum absolute atomic E-state index is 6.45. The average Bonchev–Trinajstić information content (AvgIpc) is 3.00. The van der Waals surface area contributed by atoms with Gasteiger partial charge in [0.25, 0.3) is 0 Å². The summed E-state index contributed by atoms with van der Waals surface area (Å²) >= 11 is 0. The Morgan fingerprint density at radius 2 is 0.750 bits per heavy atom. The third kappa shape index (κ3) is 4.98. The summed E-state index contributed by atoms with van der Waals surface area (Å²) in [6, 6.07) is 47.8. The van der Waals surface area contributed by atoms with Crippen LogP contribution in [0.2, 0.25) is 0 Å². The quantitative estimate of drug-likeness (QED) is 0.206. The maximum atomic E-state index is 6.45. The van der Waals surface area contributed by atoms with Crippen LogP contribution in [0, 0.1) is 0 Å². The van der Waals surface area contributed by atoms with E-state index in [1.54, 1.807) is 0 Å². The van der Waals surface area contributed by atoms with E-state index >= 15 is 0 Å². The molecule has 4 nitrogen and oxygen atoms in total. The topological polar surface area (TPSA) is 70.5 Å². The predicted molar refractivity (Wildman–Crippen MR) is 165 cm³/mol. The Labute approximate surface area is 234 Å². The number of ether oxygens (including phenoxy) is 2. The fourth-order valence-electron chi connectivity index (χ4n) is 4.85. The highest BCUT2D eigenvalue weighted by molar-refractivity contribution is 5.97. The van der Waals surface area contributed by atoms with Crippen molar-refractivity contribution in [2.24, 2.45) is 0 Å². The van der Waals surface area contributed by atoms with Gasteiger partial charge in [-0.15, -0.1) is 0 Å². The average molecular weight is 521 g/mol. The second kappa shape index (κ2) is 11.1. The van der Waals surface area contributed by atoms with E-state index in [0.29, 0.717) is 34.4 Å². The zero-order chi connectivity index (χ0) is 27.3. The van der Waals surface area contributed by atoms with Crippen LogP contribution >= 0.6 is 0 Å². The van der Waals surface area contributed by atoms with E-state index in [9.17, 15) is 0 Å². The molecule has 0 aliphatic rings. The van der Waals surface area contributed by atoms with Crippen LogP contribution in [0.25, 0.3) is 33.4 Å². The molecule has 0 amide bonds. The van der Waals surface area contributed by atoms with Gasteiger partial charge in [-0.1, -0.05) is 109 Å². The Morgan fingerprint density at radius 3 is 1.35 bits per heavy atom. The van der Waals surface area contributed by atoms with E-state index in [1.807, 2.05) is 103 Å². The van der Waals surface area contributed by atoms with Gasteiger partial charge in [0.15, 0.2) is 0 Å². The van der Waals surface area contributed by atoms with Crippen LogP contribution in [-0.4, -0.2) is 0 Å². The molecule has 0 saturated heterocycles. The van der Waals surface area contributed by atoms with Crippen molar-refractivity contribution < 1.29 is 9.47 Å². The lowest BCUT2D eigenvalue weighted by Crippen LogP contribution is -1.97. The van der Waals surface area contributed by atoms with Crippen LogP contribution < -0.4 is 20.9 Å². The molecule has 0 heterocycles. The molecule has 6 rings (SSSR count). The van der Waals surface area contributed by atoms with E-state index in [2.05, 4.69) is 42.5 Å². The van der Waals surface area contributed by atoms with Crippen molar-refractivity contribution in [3.05, 3.63) is 146 Å². The minimum atomic E-state index is 0.577. The van der Waals surface area contributed by atoms with E-state index in [0.717, 1.165) is 33.4 Å². The van der Waals surface area contributed by atoms with Crippen LogP contribution in [0.4, 0.5) is 11.4 Å². The number of para-hydroxylation sites is 6. The molecule has 6 aromatic carbocycles. The second-order valence-corrected chi connectivity index (χ2v) is 9.37. The number of benzene rings is 6. The summed E-state index contributed by atoms with van der Waals surface area (Å²) in [5.74, 6) is 2.63. The Bertz CT molecular complexity index is 1780.